The molecule has 82 valence electrons. The smallest absolute Gasteiger partial charge is 0.119 e. The highest BCUT2D eigenvalue weighted by atomic mass is 16.1. The van der Waals surface area contributed by atoms with Gasteiger partial charge < -0.3 is 15.4 Å². The summed E-state index contributed by atoms with van der Waals surface area (Å²) in [7, 11) is 2.05. The molecular formula is C12H18N2O. The largest absolute Gasteiger partial charge is 0.399 e. The molecule has 0 aliphatic carbocycles. The first-order chi connectivity index (χ1) is 7.24. The molecule has 0 spiro atoms. The normalized spacial score (nSPS) is 9.93. The van der Waals surface area contributed by atoms with E-state index in [0.717, 1.165) is 37.0 Å². The molecular weight excluding hydrogens is 188 g/mol. The third-order valence-corrected chi connectivity index (χ3v) is 2.40. The number of unbranched alkanes of at least 4 members (excludes halogenated alkanes) is 2. The van der Waals surface area contributed by atoms with Crippen LogP contribution in [-0.2, 0) is 4.79 Å². The molecule has 3 heteroatoms. The Bertz CT molecular complexity index is 295. The molecule has 3 nitrogen and oxygen atoms in total. The van der Waals surface area contributed by atoms with Gasteiger partial charge in [0, 0.05) is 31.4 Å². The van der Waals surface area contributed by atoms with Gasteiger partial charge in [0.1, 0.15) is 6.29 Å². The van der Waals surface area contributed by atoms with E-state index in [9.17, 15) is 4.79 Å². The van der Waals surface area contributed by atoms with E-state index < -0.39 is 0 Å². The molecule has 0 radical (unpaired) electrons. The van der Waals surface area contributed by atoms with Crippen LogP contribution in [0, 0.1) is 0 Å². The SMILES string of the molecule is CN(CCCCC=O)c1ccc(N)cc1. The molecule has 0 saturated heterocycles. The molecule has 0 amide bonds. The van der Waals surface area contributed by atoms with E-state index >= 15 is 0 Å². The first-order valence-electron chi connectivity index (χ1n) is 5.24. The lowest BCUT2D eigenvalue weighted by Gasteiger charge is -2.18. The van der Waals surface area contributed by atoms with E-state index in [1.165, 1.54) is 0 Å². The molecule has 0 aliphatic heterocycles. The van der Waals surface area contributed by atoms with Crippen molar-refractivity contribution >= 4 is 17.7 Å². The van der Waals surface area contributed by atoms with Crippen LogP contribution in [0.4, 0.5) is 11.4 Å². The van der Waals surface area contributed by atoms with Gasteiger partial charge in [0.15, 0.2) is 0 Å². The molecule has 0 fully saturated rings. The average Bonchev–Trinajstić information content (AvgIpc) is 2.25. The van der Waals surface area contributed by atoms with Crippen LogP contribution in [0.25, 0.3) is 0 Å². The summed E-state index contributed by atoms with van der Waals surface area (Å²) >= 11 is 0. The Morgan fingerprint density at radius 3 is 2.53 bits per heavy atom. The molecule has 0 atom stereocenters. The maximum absolute atomic E-state index is 10.1. The summed E-state index contributed by atoms with van der Waals surface area (Å²) in [6.45, 7) is 0.970. The minimum absolute atomic E-state index is 0.662. The zero-order valence-electron chi connectivity index (χ0n) is 9.15. The summed E-state index contributed by atoms with van der Waals surface area (Å²) in [5.74, 6) is 0. The van der Waals surface area contributed by atoms with E-state index in [-0.39, 0.29) is 0 Å². The molecule has 1 aromatic rings. The fraction of sp³-hybridized carbons (Fsp3) is 0.417. The van der Waals surface area contributed by atoms with E-state index in [2.05, 4.69) is 4.90 Å². The lowest BCUT2D eigenvalue weighted by molar-refractivity contribution is -0.107. The number of nitrogens with two attached hydrogens (primary N) is 1. The van der Waals surface area contributed by atoms with Crippen LogP contribution in [0.5, 0.6) is 0 Å². The summed E-state index contributed by atoms with van der Waals surface area (Å²) in [6.07, 6.45) is 3.64. The molecule has 0 heterocycles. The molecule has 1 rings (SSSR count). The number of hydrogen-bond donors (Lipinski definition) is 1. The highest BCUT2D eigenvalue weighted by Gasteiger charge is 1.99. The van der Waals surface area contributed by atoms with E-state index in [1.54, 1.807) is 0 Å². The number of aldehydes is 1. The van der Waals surface area contributed by atoms with Gasteiger partial charge in [0.2, 0.25) is 0 Å². The van der Waals surface area contributed by atoms with Crippen molar-refractivity contribution in [1.29, 1.82) is 0 Å². The highest BCUT2D eigenvalue weighted by Crippen LogP contribution is 2.15. The van der Waals surface area contributed by atoms with Gasteiger partial charge in [-0.25, -0.2) is 0 Å². The molecule has 0 aromatic heterocycles. The number of rotatable bonds is 6. The van der Waals surface area contributed by atoms with Crippen LogP contribution < -0.4 is 10.6 Å². The van der Waals surface area contributed by atoms with Crippen molar-refractivity contribution in [1.82, 2.24) is 0 Å². The Balaban J connectivity index is 2.36. The third kappa shape index (κ3) is 4.02. The minimum atomic E-state index is 0.662. The van der Waals surface area contributed by atoms with Crippen LogP contribution >= 0.6 is 0 Å². The average molecular weight is 206 g/mol. The zero-order valence-corrected chi connectivity index (χ0v) is 9.15. The van der Waals surface area contributed by atoms with Crippen molar-refractivity contribution in [2.24, 2.45) is 0 Å². The lowest BCUT2D eigenvalue weighted by Crippen LogP contribution is -2.18. The maximum atomic E-state index is 10.1. The summed E-state index contributed by atoms with van der Waals surface area (Å²) in [5.41, 5.74) is 7.56. The minimum Gasteiger partial charge on any atom is -0.399 e. The van der Waals surface area contributed by atoms with Crippen LogP contribution in [0.1, 0.15) is 19.3 Å². The van der Waals surface area contributed by atoms with Gasteiger partial charge in [-0.3, -0.25) is 0 Å². The summed E-state index contributed by atoms with van der Waals surface area (Å²) in [6, 6.07) is 7.82. The Morgan fingerprint density at radius 1 is 1.27 bits per heavy atom. The Labute approximate surface area is 90.9 Å². The van der Waals surface area contributed by atoms with Gasteiger partial charge in [-0.15, -0.1) is 0 Å². The third-order valence-electron chi connectivity index (χ3n) is 2.40. The fourth-order valence-corrected chi connectivity index (χ4v) is 1.43. The van der Waals surface area contributed by atoms with Gasteiger partial charge in [-0.1, -0.05) is 0 Å². The van der Waals surface area contributed by atoms with Crippen molar-refractivity contribution in [2.45, 2.75) is 19.3 Å². The maximum Gasteiger partial charge on any atom is 0.119 e. The number of benzene rings is 1. The second kappa shape index (κ2) is 6.06. The highest BCUT2D eigenvalue weighted by molar-refractivity contribution is 5.52. The number of nitrogen functional groups attached to an aromatic ring is 1. The van der Waals surface area contributed by atoms with Gasteiger partial charge in [-0.2, -0.15) is 0 Å². The second-order valence-corrected chi connectivity index (χ2v) is 3.68. The van der Waals surface area contributed by atoms with E-state index in [4.69, 9.17) is 5.73 Å². The quantitative estimate of drug-likeness (QED) is 0.440. The van der Waals surface area contributed by atoms with Gasteiger partial charge in [-0.05, 0) is 37.1 Å². The molecule has 2 N–H and O–H groups in total. The summed E-state index contributed by atoms with van der Waals surface area (Å²) < 4.78 is 0. The number of anilines is 2. The summed E-state index contributed by atoms with van der Waals surface area (Å²) in [5, 5.41) is 0. The number of carbonyl (C=O) groups excluding carboxylic acids is 1. The van der Waals surface area contributed by atoms with Gasteiger partial charge in [0.05, 0.1) is 0 Å². The molecule has 1 aromatic carbocycles. The van der Waals surface area contributed by atoms with Crippen LogP contribution in [0.2, 0.25) is 0 Å². The first kappa shape index (κ1) is 11.6. The Kier molecular flexibility index (Phi) is 4.68. The molecule has 15 heavy (non-hydrogen) atoms. The number of nitrogens with zero attached hydrogens (tertiary/aromatic N) is 1. The van der Waals surface area contributed by atoms with Crippen LogP contribution in [0.3, 0.4) is 0 Å². The number of hydrogen-bond acceptors (Lipinski definition) is 3. The van der Waals surface area contributed by atoms with Gasteiger partial charge in [0.25, 0.3) is 0 Å². The monoisotopic (exact) mass is 206 g/mol. The van der Waals surface area contributed by atoms with Crippen LogP contribution in [-0.4, -0.2) is 19.9 Å². The fourth-order valence-electron chi connectivity index (χ4n) is 1.43. The number of carbonyl (C=O) groups is 1. The molecule has 0 unspecified atom stereocenters. The lowest BCUT2D eigenvalue weighted by atomic mass is 10.2. The van der Waals surface area contributed by atoms with Crippen molar-refractivity contribution < 1.29 is 4.79 Å². The van der Waals surface area contributed by atoms with E-state index in [1.807, 2.05) is 31.3 Å². The van der Waals surface area contributed by atoms with Crippen LogP contribution in [0.15, 0.2) is 24.3 Å². The molecule has 0 bridgehead atoms. The first-order valence-corrected chi connectivity index (χ1v) is 5.24. The van der Waals surface area contributed by atoms with Crippen molar-refractivity contribution in [2.75, 3.05) is 24.2 Å². The van der Waals surface area contributed by atoms with Crippen molar-refractivity contribution in [3.05, 3.63) is 24.3 Å². The van der Waals surface area contributed by atoms with Gasteiger partial charge >= 0.3 is 0 Å². The molecule has 0 aliphatic rings. The standard InChI is InChI=1S/C12H18N2O/c1-14(9-3-2-4-10-15)12-7-5-11(13)6-8-12/h5-8,10H,2-4,9,13H2,1H3. The predicted molar refractivity (Wildman–Crippen MR) is 64.0 cm³/mol. The van der Waals surface area contributed by atoms with E-state index in [0.29, 0.717) is 6.42 Å². The zero-order chi connectivity index (χ0) is 11.1. The van der Waals surface area contributed by atoms with Crippen molar-refractivity contribution in [3.8, 4) is 0 Å². The second-order valence-electron chi connectivity index (χ2n) is 3.68. The predicted octanol–water partition coefficient (Wildman–Crippen LogP) is 2.07. The Morgan fingerprint density at radius 2 is 1.93 bits per heavy atom. The van der Waals surface area contributed by atoms with Crippen molar-refractivity contribution in [3.63, 3.8) is 0 Å². The topological polar surface area (TPSA) is 46.3 Å². The Hall–Kier alpha value is -1.51. The summed E-state index contributed by atoms with van der Waals surface area (Å²) in [4.78, 5) is 12.3. The molecule has 0 saturated carbocycles.